The highest BCUT2D eigenvalue weighted by Crippen LogP contribution is 2.17. The molecule has 0 spiro atoms. The van der Waals surface area contributed by atoms with Crippen molar-refractivity contribution >= 4 is 15.9 Å². The molecule has 2 aromatic carbocycles. The van der Waals surface area contributed by atoms with E-state index in [1.807, 2.05) is 44.2 Å². The molecule has 0 unspecified atom stereocenters. The Morgan fingerprint density at radius 1 is 1.00 bits per heavy atom. The van der Waals surface area contributed by atoms with Crippen LogP contribution in [0.15, 0.2) is 59.5 Å². The summed E-state index contributed by atoms with van der Waals surface area (Å²) >= 11 is 0. The van der Waals surface area contributed by atoms with Gasteiger partial charge in [0.25, 0.3) is 5.91 Å². The number of sulfonamides is 1. The zero-order chi connectivity index (χ0) is 19.2. The van der Waals surface area contributed by atoms with Gasteiger partial charge in [-0.1, -0.05) is 30.3 Å². The Morgan fingerprint density at radius 3 is 2.19 bits per heavy atom. The molecule has 0 aromatic heterocycles. The van der Waals surface area contributed by atoms with E-state index < -0.39 is 16.1 Å². The first kappa shape index (κ1) is 19.9. The fourth-order valence-corrected chi connectivity index (χ4v) is 3.23. The SMILES string of the molecule is CC(C)NC(=O)[C@@H](C)Oc1ccc(S(=O)(=O)NCc2ccccc2)cc1. The fourth-order valence-electron chi connectivity index (χ4n) is 2.21. The predicted octanol–water partition coefficient (Wildman–Crippen LogP) is 2.46. The third kappa shape index (κ3) is 5.86. The van der Waals surface area contributed by atoms with Crippen LogP contribution in [0.1, 0.15) is 26.3 Å². The lowest BCUT2D eigenvalue weighted by Gasteiger charge is -2.16. The van der Waals surface area contributed by atoms with Crippen molar-refractivity contribution in [2.45, 2.75) is 44.4 Å². The number of carbonyl (C=O) groups excluding carboxylic acids is 1. The Balaban J connectivity index is 1.98. The molecule has 140 valence electrons. The van der Waals surface area contributed by atoms with Gasteiger partial charge in [0.15, 0.2) is 6.10 Å². The van der Waals surface area contributed by atoms with Gasteiger partial charge in [-0.2, -0.15) is 0 Å². The van der Waals surface area contributed by atoms with Crippen LogP contribution in [0.25, 0.3) is 0 Å². The maximum atomic E-state index is 12.4. The minimum atomic E-state index is -3.62. The van der Waals surface area contributed by atoms with Crippen LogP contribution >= 0.6 is 0 Å². The Hall–Kier alpha value is -2.38. The van der Waals surface area contributed by atoms with Crippen molar-refractivity contribution in [3.63, 3.8) is 0 Å². The van der Waals surface area contributed by atoms with Gasteiger partial charge in [0, 0.05) is 12.6 Å². The van der Waals surface area contributed by atoms with Crippen molar-refractivity contribution in [2.24, 2.45) is 0 Å². The van der Waals surface area contributed by atoms with Crippen molar-refractivity contribution in [3.05, 3.63) is 60.2 Å². The molecule has 7 heteroatoms. The van der Waals surface area contributed by atoms with Gasteiger partial charge in [-0.25, -0.2) is 13.1 Å². The van der Waals surface area contributed by atoms with E-state index in [4.69, 9.17) is 4.74 Å². The zero-order valence-corrected chi connectivity index (χ0v) is 15.9. The van der Waals surface area contributed by atoms with Crippen LogP contribution in [0.3, 0.4) is 0 Å². The fraction of sp³-hybridized carbons (Fsp3) is 0.316. The summed E-state index contributed by atoms with van der Waals surface area (Å²) in [6.07, 6.45) is -0.670. The van der Waals surface area contributed by atoms with Gasteiger partial charge < -0.3 is 10.1 Å². The van der Waals surface area contributed by atoms with Gasteiger partial charge in [-0.3, -0.25) is 4.79 Å². The van der Waals surface area contributed by atoms with E-state index in [-0.39, 0.29) is 23.4 Å². The first-order valence-corrected chi connectivity index (χ1v) is 9.87. The predicted molar refractivity (Wildman–Crippen MR) is 100 cm³/mol. The summed E-state index contributed by atoms with van der Waals surface area (Å²) in [6, 6.07) is 15.3. The van der Waals surface area contributed by atoms with E-state index >= 15 is 0 Å². The number of hydrogen-bond donors (Lipinski definition) is 2. The average molecular weight is 376 g/mol. The maximum Gasteiger partial charge on any atom is 0.260 e. The Labute approximate surface area is 154 Å². The lowest BCUT2D eigenvalue weighted by atomic mass is 10.2. The highest BCUT2D eigenvalue weighted by Gasteiger charge is 2.17. The number of rotatable bonds is 8. The summed E-state index contributed by atoms with van der Waals surface area (Å²) in [6.45, 7) is 5.59. The molecule has 2 rings (SSSR count). The van der Waals surface area contributed by atoms with Crippen molar-refractivity contribution < 1.29 is 17.9 Å². The van der Waals surface area contributed by atoms with Crippen LogP contribution in [-0.4, -0.2) is 26.5 Å². The molecule has 0 saturated carbocycles. The van der Waals surface area contributed by atoms with Crippen LogP contribution in [0.5, 0.6) is 5.75 Å². The Bertz CT molecular complexity index is 818. The molecular weight excluding hydrogens is 352 g/mol. The number of ether oxygens (including phenoxy) is 1. The van der Waals surface area contributed by atoms with E-state index in [1.165, 1.54) is 24.3 Å². The van der Waals surface area contributed by atoms with E-state index in [0.717, 1.165) is 5.56 Å². The van der Waals surface area contributed by atoms with Crippen LogP contribution in [0.2, 0.25) is 0 Å². The average Bonchev–Trinajstić information content (AvgIpc) is 2.61. The highest BCUT2D eigenvalue weighted by atomic mass is 32.2. The molecule has 0 aliphatic rings. The third-order valence-electron chi connectivity index (χ3n) is 3.56. The maximum absolute atomic E-state index is 12.4. The first-order chi connectivity index (χ1) is 12.3. The summed E-state index contributed by atoms with van der Waals surface area (Å²) in [7, 11) is -3.62. The van der Waals surface area contributed by atoms with E-state index in [2.05, 4.69) is 10.0 Å². The van der Waals surface area contributed by atoms with Crippen LogP contribution in [-0.2, 0) is 21.4 Å². The molecule has 26 heavy (non-hydrogen) atoms. The molecule has 1 amide bonds. The number of benzene rings is 2. The number of amides is 1. The molecule has 0 saturated heterocycles. The van der Waals surface area contributed by atoms with E-state index in [0.29, 0.717) is 5.75 Å². The Morgan fingerprint density at radius 2 is 1.62 bits per heavy atom. The minimum absolute atomic E-state index is 0.0248. The van der Waals surface area contributed by atoms with Crippen molar-refractivity contribution in [1.29, 1.82) is 0 Å². The van der Waals surface area contributed by atoms with Gasteiger partial charge in [0.1, 0.15) is 5.75 Å². The Kier molecular flexibility index (Phi) is 6.76. The summed E-state index contributed by atoms with van der Waals surface area (Å²) in [5.74, 6) is 0.208. The standard InChI is InChI=1S/C19H24N2O4S/c1-14(2)21-19(22)15(3)25-17-9-11-18(12-10-17)26(23,24)20-13-16-7-5-4-6-8-16/h4-12,14-15,20H,13H2,1-3H3,(H,21,22)/t15-/m1/s1. The second-order valence-corrected chi connectivity index (χ2v) is 7.97. The van der Waals surface area contributed by atoms with Crippen LogP contribution in [0, 0.1) is 0 Å². The normalized spacial score (nSPS) is 12.6. The molecule has 2 aromatic rings. The van der Waals surface area contributed by atoms with Gasteiger partial charge in [-0.15, -0.1) is 0 Å². The molecule has 1 atom stereocenters. The lowest BCUT2D eigenvalue weighted by molar-refractivity contribution is -0.127. The molecule has 0 fully saturated rings. The molecule has 0 heterocycles. The first-order valence-electron chi connectivity index (χ1n) is 8.38. The third-order valence-corrected chi connectivity index (χ3v) is 4.97. The topological polar surface area (TPSA) is 84.5 Å². The molecule has 0 bridgehead atoms. The number of nitrogens with one attached hydrogen (secondary N) is 2. The summed E-state index contributed by atoms with van der Waals surface area (Å²) in [5, 5.41) is 2.76. The monoisotopic (exact) mass is 376 g/mol. The smallest absolute Gasteiger partial charge is 0.260 e. The number of hydrogen-bond acceptors (Lipinski definition) is 4. The van der Waals surface area contributed by atoms with Gasteiger partial charge >= 0.3 is 0 Å². The van der Waals surface area contributed by atoms with Crippen molar-refractivity contribution in [2.75, 3.05) is 0 Å². The largest absolute Gasteiger partial charge is 0.481 e. The van der Waals surface area contributed by atoms with Crippen LogP contribution < -0.4 is 14.8 Å². The zero-order valence-electron chi connectivity index (χ0n) is 15.1. The molecular formula is C19H24N2O4S. The van der Waals surface area contributed by atoms with Gasteiger partial charge in [0.2, 0.25) is 10.0 Å². The second-order valence-electron chi connectivity index (χ2n) is 6.20. The molecule has 0 aliphatic carbocycles. The number of carbonyl (C=O) groups is 1. The minimum Gasteiger partial charge on any atom is -0.481 e. The van der Waals surface area contributed by atoms with Crippen molar-refractivity contribution in [3.8, 4) is 5.75 Å². The van der Waals surface area contributed by atoms with Crippen LogP contribution in [0.4, 0.5) is 0 Å². The second kappa shape index (κ2) is 8.82. The molecule has 0 radical (unpaired) electrons. The van der Waals surface area contributed by atoms with E-state index in [1.54, 1.807) is 6.92 Å². The van der Waals surface area contributed by atoms with Crippen molar-refractivity contribution in [1.82, 2.24) is 10.0 Å². The summed E-state index contributed by atoms with van der Waals surface area (Å²) in [5.41, 5.74) is 0.876. The molecule has 6 nitrogen and oxygen atoms in total. The highest BCUT2D eigenvalue weighted by molar-refractivity contribution is 7.89. The summed E-state index contributed by atoms with van der Waals surface area (Å²) < 4.78 is 32.8. The lowest BCUT2D eigenvalue weighted by Crippen LogP contribution is -2.40. The van der Waals surface area contributed by atoms with E-state index in [9.17, 15) is 13.2 Å². The van der Waals surface area contributed by atoms with Gasteiger partial charge in [-0.05, 0) is 50.6 Å². The molecule has 2 N–H and O–H groups in total. The summed E-state index contributed by atoms with van der Waals surface area (Å²) in [4.78, 5) is 12.0. The quantitative estimate of drug-likeness (QED) is 0.741. The van der Waals surface area contributed by atoms with Gasteiger partial charge in [0.05, 0.1) is 4.90 Å². The molecule has 0 aliphatic heterocycles.